The summed E-state index contributed by atoms with van der Waals surface area (Å²) < 4.78 is 30.2. The smallest absolute Gasteiger partial charge is 0.276 e. The minimum absolute atomic E-state index is 0.178. The fourth-order valence-corrected chi connectivity index (χ4v) is 4.89. The molecule has 10 heteroatoms. The zero-order valence-electron chi connectivity index (χ0n) is 17.7. The Morgan fingerprint density at radius 1 is 1.18 bits per heavy atom. The number of benzene rings is 1. The molecule has 1 saturated carbocycles. The highest BCUT2D eigenvalue weighted by molar-refractivity contribution is 6.04. The molecule has 2 fully saturated rings. The van der Waals surface area contributed by atoms with Crippen LogP contribution in [0.1, 0.15) is 34.6 Å². The minimum atomic E-state index is -0.599. The van der Waals surface area contributed by atoms with Crippen LogP contribution in [-0.4, -0.2) is 37.0 Å². The number of anilines is 2. The molecule has 3 aromatic heterocycles. The Morgan fingerprint density at radius 2 is 2.06 bits per heavy atom. The van der Waals surface area contributed by atoms with Gasteiger partial charge in [0.1, 0.15) is 28.8 Å². The lowest BCUT2D eigenvalue weighted by Crippen LogP contribution is -2.34. The molecular formula is C23H19F2N7O. The molecule has 1 saturated heterocycles. The Hall–Kier alpha value is -3.95. The third-order valence-corrected chi connectivity index (χ3v) is 6.54. The van der Waals surface area contributed by atoms with Crippen LogP contribution in [0.3, 0.4) is 0 Å². The monoisotopic (exact) mass is 447 g/mol. The van der Waals surface area contributed by atoms with Crippen molar-refractivity contribution in [1.82, 2.24) is 24.6 Å². The van der Waals surface area contributed by atoms with Crippen molar-refractivity contribution < 1.29 is 13.6 Å². The standard InChI is InChI=1S/C23H19F2N7O/c1-13-10-27-19(11-26-13)22(33)29-18-12-28-32-7-5-20(30-21(18)32)31-6-4-14-9-23(14,31)16-8-15(24)2-3-17(16)25/h2-3,5,7-8,10-12,14H,4,6,9H2,1H3,(H,29,33)/t14-,23+/m0/s1. The lowest BCUT2D eigenvalue weighted by atomic mass is 10.0. The number of aryl methyl sites for hydroxylation is 1. The van der Waals surface area contributed by atoms with E-state index >= 15 is 0 Å². The third kappa shape index (κ3) is 3.05. The van der Waals surface area contributed by atoms with E-state index in [1.807, 2.05) is 4.90 Å². The Bertz CT molecular complexity index is 1400. The van der Waals surface area contributed by atoms with Gasteiger partial charge in [0.25, 0.3) is 5.91 Å². The number of amides is 1. The number of piperidine rings is 1. The van der Waals surface area contributed by atoms with Crippen molar-refractivity contribution in [3.8, 4) is 0 Å². The van der Waals surface area contributed by atoms with E-state index in [4.69, 9.17) is 4.98 Å². The van der Waals surface area contributed by atoms with E-state index in [9.17, 15) is 13.6 Å². The number of aromatic nitrogens is 5. The van der Waals surface area contributed by atoms with Gasteiger partial charge in [0.05, 0.1) is 23.6 Å². The first-order valence-corrected chi connectivity index (χ1v) is 10.6. The number of fused-ring (bicyclic) bond motifs is 2. The van der Waals surface area contributed by atoms with Crippen LogP contribution in [0.15, 0.2) is 49.1 Å². The zero-order chi connectivity index (χ0) is 22.7. The molecule has 0 bridgehead atoms. The number of nitrogens with one attached hydrogen (secondary N) is 1. The van der Waals surface area contributed by atoms with Crippen molar-refractivity contribution in [2.24, 2.45) is 5.92 Å². The van der Waals surface area contributed by atoms with Crippen LogP contribution >= 0.6 is 0 Å². The molecule has 0 unspecified atom stereocenters. The molecule has 1 aliphatic carbocycles. The maximum Gasteiger partial charge on any atom is 0.276 e. The molecule has 1 aliphatic heterocycles. The van der Waals surface area contributed by atoms with E-state index in [1.165, 1.54) is 30.7 Å². The van der Waals surface area contributed by atoms with Gasteiger partial charge < -0.3 is 10.2 Å². The predicted molar refractivity (Wildman–Crippen MR) is 116 cm³/mol. The topological polar surface area (TPSA) is 88.3 Å². The van der Waals surface area contributed by atoms with Crippen molar-refractivity contribution in [1.29, 1.82) is 0 Å². The van der Waals surface area contributed by atoms with E-state index in [0.717, 1.165) is 18.9 Å². The maximum absolute atomic E-state index is 14.7. The first kappa shape index (κ1) is 19.7. The number of carbonyl (C=O) groups is 1. The van der Waals surface area contributed by atoms with Crippen LogP contribution < -0.4 is 10.2 Å². The maximum atomic E-state index is 14.7. The summed E-state index contributed by atoms with van der Waals surface area (Å²) in [5, 5.41) is 7.04. The summed E-state index contributed by atoms with van der Waals surface area (Å²) >= 11 is 0. The molecule has 1 N–H and O–H groups in total. The van der Waals surface area contributed by atoms with Crippen molar-refractivity contribution in [2.45, 2.75) is 25.3 Å². The van der Waals surface area contributed by atoms with Gasteiger partial charge in [-0.05, 0) is 49.9 Å². The van der Waals surface area contributed by atoms with Gasteiger partial charge in [-0.2, -0.15) is 5.10 Å². The fraction of sp³-hybridized carbons (Fsp3) is 0.261. The van der Waals surface area contributed by atoms with E-state index in [0.29, 0.717) is 35.0 Å². The highest BCUT2D eigenvalue weighted by Crippen LogP contribution is 2.63. The largest absolute Gasteiger partial charge is 0.346 e. The number of hydrogen-bond acceptors (Lipinski definition) is 6. The molecule has 4 aromatic rings. The van der Waals surface area contributed by atoms with Crippen LogP contribution in [0.4, 0.5) is 20.3 Å². The minimum Gasteiger partial charge on any atom is -0.346 e. The fourth-order valence-electron chi connectivity index (χ4n) is 4.89. The first-order valence-electron chi connectivity index (χ1n) is 10.6. The molecule has 2 aliphatic rings. The van der Waals surface area contributed by atoms with Crippen LogP contribution in [0.2, 0.25) is 0 Å². The molecule has 1 amide bonds. The second-order valence-electron chi connectivity index (χ2n) is 8.50. The van der Waals surface area contributed by atoms with Gasteiger partial charge in [-0.15, -0.1) is 0 Å². The Kier molecular flexibility index (Phi) is 4.20. The predicted octanol–water partition coefficient (Wildman–Crippen LogP) is 3.48. The summed E-state index contributed by atoms with van der Waals surface area (Å²) in [6.07, 6.45) is 7.80. The second kappa shape index (κ2) is 7.03. The van der Waals surface area contributed by atoms with Crippen LogP contribution in [-0.2, 0) is 5.54 Å². The van der Waals surface area contributed by atoms with Gasteiger partial charge in [0.2, 0.25) is 0 Å². The van der Waals surface area contributed by atoms with Gasteiger partial charge in [-0.25, -0.2) is 23.3 Å². The van der Waals surface area contributed by atoms with E-state index in [1.54, 1.807) is 23.7 Å². The normalized spacial score (nSPS) is 21.3. The van der Waals surface area contributed by atoms with E-state index < -0.39 is 23.1 Å². The average molecular weight is 447 g/mol. The Morgan fingerprint density at radius 3 is 2.85 bits per heavy atom. The zero-order valence-corrected chi connectivity index (χ0v) is 17.7. The number of nitrogens with zero attached hydrogens (tertiary/aromatic N) is 6. The van der Waals surface area contributed by atoms with Crippen LogP contribution in [0.25, 0.3) is 5.65 Å². The van der Waals surface area contributed by atoms with Gasteiger partial charge in [0.15, 0.2) is 5.65 Å². The number of carbonyl (C=O) groups excluding carboxylic acids is 1. The van der Waals surface area contributed by atoms with Gasteiger partial charge in [0, 0.05) is 24.5 Å². The second-order valence-corrected chi connectivity index (χ2v) is 8.50. The molecule has 8 nitrogen and oxygen atoms in total. The summed E-state index contributed by atoms with van der Waals surface area (Å²) in [4.78, 5) is 27.6. The quantitative estimate of drug-likeness (QED) is 0.515. The van der Waals surface area contributed by atoms with Crippen molar-refractivity contribution in [3.05, 3.63) is 77.6 Å². The first-order chi connectivity index (χ1) is 16.0. The molecule has 0 spiro atoms. The average Bonchev–Trinajstić information content (AvgIpc) is 3.21. The van der Waals surface area contributed by atoms with Crippen molar-refractivity contribution >= 4 is 23.1 Å². The lowest BCUT2D eigenvalue weighted by Gasteiger charge is -2.30. The summed E-state index contributed by atoms with van der Waals surface area (Å²) in [7, 11) is 0. The van der Waals surface area contributed by atoms with Gasteiger partial charge in [-0.1, -0.05) is 0 Å². The summed E-state index contributed by atoms with van der Waals surface area (Å²) in [5.74, 6) is -0.426. The molecule has 4 heterocycles. The Balaban J connectivity index is 1.35. The van der Waals surface area contributed by atoms with Gasteiger partial charge >= 0.3 is 0 Å². The van der Waals surface area contributed by atoms with E-state index in [-0.39, 0.29) is 11.6 Å². The molecule has 166 valence electrons. The summed E-state index contributed by atoms with van der Waals surface area (Å²) in [6, 6.07) is 5.41. The SMILES string of the molecule is Cc1cnc(C(=O)Nc2cnn3ccc(N4CC[C@H]5C[C@]54c4cc(F)ccc4F)nc23)cn1. The highest BCUT2D eigenvalue weighted by Gasteiger charge is 2.64. The van der Waals surface area contributed by atoms with Crippen molar-refractivity contribution in [2.75, 3.05) is 16.8 Å². The third-order valence-electron chi connectivity index (χ3n) is 6.54. The molecular weight excluding hydrogens is 428 g/mol. The highest BCUT2D eigenvalue weighted by atomic mass is 19.1. The Labute approximate surface area is 187 Å². The molecule has 6 rings (SSSR count). The summed E-state index contributed by atoms with van der Waals surface area (Å²) in [6.45, 7) is 2.47. The molecule has 1 aromatic carbocycles. The van der Waals surface area contributed by atoms with Crippen molar-refractivity contribution in [3.63, 3.8) is 0 Å². The molecule has 33 heavy (non-hydrogen) atoms. The molecule has 2 atom stereocenters. The van der Waals surface area contributed by atoms with Crippen LogP contribution in [0, 0.1) is 24.5 Å². The number of rotatable bonds is 4. The molecule has 0 radical (unpaired) electrons. The number of hydrogen-bond donors (Lipinski definition) is 1. The lowest BCUT2D eigenvalue weighted by molar-refractivity contribution is 0.102. The van der Waals surface area contributed by atoms with E-state index in [2.05, 4.69) is 20.4 Å². The number of halogens is 2. The summed E-state index contributed by atoms with van der Waals surface area (Å²) in [5.41, 5.74) is 1.52. The van der Waals surface area contributed by atoms with Crippen LogP contribution in [0.5, 0.6) is 0 Å². The van der Waals surface area contributed by atoms with Gasteiger partial charge in [-0.3, -0.25) is 9.78 Å².